The zero-order valence-corrected chi connectivity index (χ0v) is 30.5. The molecular formula is C50H32N4S. The predicted molar refractivity (Wildman–Crippen MR) is 229 cm³/mol. The molecule has 0 unspecified atom stereocenters. The van der Waals surface area contributed by atoms with Crippen molar-refractivity contribution in [2.75, 3.05) is 0 Å². The molecule has 3 aromatic heterocycles. The molecule has 0 N–H and O–H groups in total. The van der Waals surface area contributed by atoms with Crippen LogP contribution in [0, 0.1) is 0 Å². The second kappa shape index (κ2) is 14.0. The summed E-state index contributed by atoms with van der Waals surface area (Å²) in [5.41, 5.74) is 11.2. The summed E-state index contributed by atoms with van der Waals surface area (Å²) in [5.74, 6) is 1.81. The van der Waals surface area contributed by atoms with Gasteiger partial charge in [0.1, 0.15) is 0 Å². The first-order chi connectivity index (χ1) is 27.2. The van der Waals surface area contributed by atoms with E-state index in [-0.39, 0.29) is 0 Å². The number of hydrogen-bond acceptors (Lipinski definition) is 5. The van der Waals surface area contributed by atoms with Gasteiger partial charge in [0.15, 0.2) is 17.5 Å². The fourth-order valence-electron chi connectivity index (χ4n) is 7.22. The summed E-state index contributed by atoms with van der Waals surface area (Å²) in [6.07, 6.45) is 0. The zero-order chi connectivity index (χ0) is 36.6. The molecule has 5 heteroatoms. The minimum atomic E-state index is 0.591. The van der Waals surface area contributed by atoms with Crippen LogP contribution >= 0.6 is 11.3 Å². The molecule has 0 aliphatic heterocycles. The maximum atomic E-state index is 5.29. The van der Waals surface area contributed by atoms with E-state index in [0.29, 0.717) is 17.5 Å². The maximum Gasteiger partial charge on any atom is 0.164 e. The van der Waals surface area contributed by atoms with Gasteiger partial charge in [-0.2, -0.15) is 0 Å². The SMILES string of the molecule is c1ccc(-c2ccc(-c3nc(-c4ccc(-c5ccccc5)cc4)nc(-c4ccccc4-c4cccc(-c5cccc6c5sc5ccccc56)n4)n3)cc2)cc1. The zero-order valence-electron chi connectivity index (χ0n) is 29.7. The number of aromatic nitrogens is 4. The van der Waals surface area contributed by atoms with E-state index in [1.807, 2.05) is 35.6 Å². The largest absolute Gasteiger partial charge is 0.248 e. The topological polar surface area (TPSA) is 51.6 Å². The van der Waals surface area contributed by atoms with Crippen molar-refractivity contribution in [1.82, 2.24) is 19.9 Å². The monoisotopic (exact) mass is 720 g/mol. The Morgan fingerprint density at radius 3 is 1.35 bits per heavy atom. The van der Waals surface area contributed by atoms with Gasteiger partial charge in [-0.1, -0.05) is 176 Å². The van der Waals surface area contributed by atoms with E-state index in [9.17, 15) is 0 Å². The van der Waals surface area contributed by atoms with Crippen LogP contribution in [0.1, 0.15) is 0 Å². The fourth-order valence-corrected chi connectivity index (χ4v) is 8.45. The molecule has 0 amide bonds. The van der Waals surface area contributed by atoms with Crippen LogP contribution in [0.5, 0.6) is 0 Å². The van der Waals surface area contributed by atoms with Crippen LogP contribution < -0.4 is 0 Å². The highest BCUT2D eigenvalue weighted by Gasteiger charge is 2.18. The summed E-state index contributed by atoms with van der Waals surface area (Å²) < 4.78 is 2.52. The highest BCUT2D eigenvalue weighted by Crippen LogP contribution is 2.40. The molecule has 3 heterocycles. The van der Waals surface area contributed by atoms with Gasteiger partial charge >= 0.3 is 0 Å². The number of nitrogens with zero attached hydrogens (tertiary/aromatic N) is 4. The van der Waals surface area contributed by atoms with E-state index in [4.69, 9.17) is 19.9 Å². The van der Waals surface area contributed by atoms with Crippen molar-refractivity contribution < 1.29 is 0 Å². The van der Waals surface area contributed by atoms with E-state index in [1.54, 1.807) is 0 Å². The number of rotatable bonds is 7. The minimum Gasteiger partial charge on any atom is -0.248 e. The first kappa shape index (κ1) is 32.6. The molecule has 0 bridgehead atoms. The minimum absolute atomic E-state index is 0.591. The second-order valence-electron chi connectivity index (χ2n) is 13.4. The van der Waals surface area contributed by atoms with E-state index in [0.717, 1.165) is 61.5 Å². The van der Waals surface area contributed by atoms with E-state index in [2.05, 4.69) is 170 Å². The number of benzene rings is 7. The molecule has 0 aliphatic carbocycles. The maximum absolute atomic E-state index is 5.29. The number of fused-ring (bicyclic) bond motifs is 3. The molecule has 0 spiro atoms. The van der Waals surface area contributed by atoms with Crippen molar-refractivity contribution in [2.24, 2.45) is 0 Å². The van der Waals surface area contributed by atoms with Gasteiger partial charge in [-0.05, 0) is 40.5 Å². The summed E-state index contributed by atoms with van der Waals surface area (Å²) in [6.45, 7) is 0. The lowest BCUT2D eigenvalue weighted by Gasteiger charge is -2.13. The summed E-state index contributed by atoms with van der Waals surface area (Å²) in [7, 11) is 0. The van der Waals surface area contributed by atoms with Gasteiger partial charge in [0.05, 0.1) is 11.4 Å². The van der Waals surface area contributed by atoms with Crippen LogP contribution in [0.15, 0.2) is 194 Å². The average molecular weight is 721 g/mol. The van der Waals surface area contributed by atoms with Gasteiger partial charge < -0.3 is 0 Å². The highest BCUT2D eigenvalue weighted by atomic mass is 32.1. The summed E-state index contributed by atoms with van der Waals surface area (Å²) in [6, 6.07) is 67.3. The molecule has 10 aromatic rings. The molecule has 0 aliphatic rings. The Labute approximate surface area is 323 Å². The molecule has 0 radical (unpaired) electrons. The first-order valence-electron chi connectivity index (χ1n) is 18.3. The first-order valence-corrected chi connectivity index (χ1v) is 19.1. The third-order valence-electron chi connectivity index (χ3n) is 10.0. The Bertz CT molecular complexity index is 2850. The molecule has 0 saturated heterocycles. The highest BCUT2D eigenvalue weighted by molar-refractivity contribution is 7.26. The van der Waals surface area contributed by atoms with Gasteiger partial charge in [0, 0.05) is 48.0 Å². The third-order valence-corrected chi connectivity index (χ3v) is 11.2. The number of pyridine rings is 1. The average Bonchev–Trinajstić information content (AvgIpc) is 3.66. The summed E-state index contributed by atoms with van der Waals surface area (Å²) in [4.78, 5) is 20.7. The quantitative estimate of drug-likeness (QED) is 0.164. The third kappa shape index (κ3) is 6.27. The molecule has 0 saturated carbocycles. The number of hydrogen-bond donors (Lipinski definition) is 0. The van der Waals surface area contributed by atoms with Crippen molar-refractivity contribution in [3.8, 4) is 78.9 Å². The smallest absolute Gasteiger partial charge is 0.164 e. The lowest BCUT2D eigenvalue weighted by atomic mass is 10.0. The standard InChI is InChI=1S/C50H32N4S/c1-3-13-33(14-4-1)35-25-29-37(30-26-35)48-52-49(38-31-27-36(28-32-38)34-15-5-2-6-16-34)54-50(53-48)42-19-8-7-17-39(42)44-22-12-23-45(51-44)43-21-11-20-41-40-18-9-10-24-46(40)55-47(41)43/h1-32H. The molecule has 10 rings (SSSR count). The van der Waals surface area contributed by atoms with E-state index in [1.165, 1.54) is 20.2 Å². The lowest BCUT2D eigenvalue weighted by Crippen LogP contribution is -2.01. The molecular weight excluding hydrogens is 689 g/mol. The van der Waals surface area contributed by atoms with Gasteiger partial charge in [-0.15, -0.1) is 11.3 Å². The summed E-state index contributed by atoms with van der Waals surface area (Å²) >= 11 is 1.82. The van der Waals surface area contributed by atoms with E-state index < -0.39 is 0 Å². The molecule has 0 atom stereocenters. The van der Waals surface area contributed by atoms with Crippen molar-refractivity contribution in [3.05, 3.63) is 194 Å². The van der Waals surface area contributed by atoms with Crippen molar-refractivity contribution in [3.63, 3.8) is 0 Å². The Balaban J connectivity index is 1.09. The van der Waals surface area contributed by atoms with Crippen LogP contribution in [0.3, 0.4) is 0 Å². The Morgan fingerprint density at radius 2 is 0.709 bits per heavy atom. The normalized spacial score (nSPS) is 11.3. The summed E-state index contributed by atoms with van der Waals surface area (Å²) in [5, 5.41) is 2.53. The molecule has 258 valence electrons. The van der Waals surface area contributed by atoms with Crippen molar-refractivity contribution in [2.45, 2.75) is 0 Å². The van der Waals surface area contributed by atoms with Gasteiger partial charge in [-0.25, -0.2) is 19.9 Å². The van der Waals surface area contributed by atoms with Crippen LogP contribution in [-0.4, -0.2) is 19.9 Å². The Kier molecular flexibility index (Phi) is 8.32. The van der Waals surface area contributed by atoms with Crippen LogP contribution in [0.4, 0.5) is 0 Å². The molecule has 55 heavy (non-hydrogen) atoms. The van der Waals surface area contributed by atoms with Crippen molar-refractivity contribution in [1.29, 1.82) is 0 Å². The van der Waals surface area contributed by atoms with Crippen molar-refractivity contribution >= 4 is 31.5 Å². The Hall–Kier alpha value is -7.08. The molecule has 4 nitrogen and oxygen atoms in total. The lowest BCUT2D eigenvalue weighted by molar-refractivity contribution is 1.07. The van der Waals surface area contributed by atoms with E-state index >= 15 is 0 Å². The van der Waals surface area contributed by atoms with Crippen LogP contribution in [0.2, 0.25) is 0 Å². The fraction of sp³-hybridized carbons (Fsp3) is 0. The number of thiophene rings is 1. The van der Waals surface area contributed by atoms with Gasteiger partial charge in [0.2, 0.25) is 0 Å². The molecule has 0 fully saturated rings. The second-order valence-corrected chi connectivity index (χ2v) is 14.5. The van der Waals surface area contributed by atoms with Gasteiger partial charge in [0.25, 0.3) is 0 Å². The van der Waals surface area contributed by atoms with Crippen LogP contribution in [0.25, 0.3) is 99.1 Å². The predicted octanol–water partition coefficient (Wildman–Crippen LogP) is 13.3. The van der Waals surface area contributed by atoms with Gasteiger partial charge in [-0.3, -0.25) is 0 Å². The Morgan fingerprint density at radius 1 is 0.273 bits per heavy atom. The van der Waals surface area contributed by atoms with Crippen LogP contribution in [-0.2, 0) is 0 Å². The molecule has 7 aromatic carbocycles.